The minimum absolute atomic E-state index is 0.776. The van der Waals surface area contributed by atoms with Crippen molar-refractivity contribution in [1.82, 2.24) is 4.57 Å². The Kier molecular flexibility index (Phi) is 6.34. The zero-order valence-electron chi connectivity index (χ0n) is 29.7. The molecule has 0 fully saturated rings. The molecule has 256 valence electrons. The van der Waals surface area contributed by atoms with Crippen LogP contribution in [-0.4, -0.2) is 4.57 Å². The van der Waals surface area contributed by atoms with E-state index in [1.807, 2.05) is 12.3 Å². The zero-order chi connectivity index (χ0) is 36.0. The van der Waals surface area contributed by atoms with Crippen LogP contribution in [0.25, 0.3) is 115 Å². The van der Waals surface area contributed by atoms with Crippen LogP contribution in [0, 0.1) is 0 Å². The maximum atomic E-state index is 6.71. The van der Waals surface area contributed by atoms with E-state index < -0.39 is 0 Å². The molecule has 3 aromatic heterocycles. The summed E-state index contributed by atoms with van der Waals surface area (Å²) in [5, 5.41) is 10.5. The molecule has 3 nitrogen and oxygen atoms in total. The molecule has 0 unspecified atom stereocenters. The van der Waals surface area contributed by atoms with Crippen molar-refractivity contribution in [3.8, 4) is 39.1 Å². The standard InChI is InChI=1S/C52H31NO2/c1-3-13-32(14-4-1)45-31-54-51-44(45)28-27-43-38-26-24-34(30-48(38)55-52(43)51)50-41-20-9-7-18-39(41)49(40-19-8-10-21-42(40)50)33-23-25-37-36-17-11-12-22-46(36)53(47(37)29-33)35-15-5-2-6-16-35/h1-31H. The quantitative estimate of drug-likeness (QED) is 0.171. The fourth-order valence-electron chi connectivity index (χ4n) is 9.05. The molecule has 12 rings (SSSR count). The lowest BCUT2D eigenvalue weighted by molar-refractivity contribution is 0.600. The monoisotopic (exact) mass is 701 g/mol. The molecule has 3 heteroatoms. The number of nitrogens with zero attached hydrogens (tertiary/aromatic N) is 1. The second-order valence-corrected chi connectivity index (χ2v) is 14.4. The number of fused-ring (bicyclic) bond motifs is 10. The summed E-state index contributed by atoms with van der Waals surface area (Å²) in [6.45, 7) is 0. The first-order valence-electron chi connectivity index (χ1n) is 18.7. The lowest BCUT2D eigenvalue weighted by Gasteiger charge is -2.18. The van der Waals surface area contributed by atoms with Crippen molar-refractivity contribution in [2.24, 2.45) is 0 Å². The number of hydrogen-bond donors (Lipinski definition) is 0. The average Bonchev–Trinajstić information content (AvgIpc) is 3.95. The molecule has 0 amide bonds. The third-order valence-electron chi connectivity index (χ3n) is 11.5. The number of aromatic nitrogens is 1. The van der Waals surface area contributed by atoms with E-state index in [0.29, 0.717) is 0 Å². The van der Waals surface area contributed by atoms with E-state index in [4.69, 9.17) is 8.83 Å². The van der Waals surface area contributed by atoms with Crippen molar-refractivity contribution in [3.63, 3.8) is 0 Å². The Labute approximate surface area is 315 Å². The van der Waals surface area contributed by atoms with Crippen LogP contribution in [0.1, 0.15) is 0 Å². The largest absolute Gasteiger partial charge is 0.460 e. The molecule has 0 spiro atoms. The highest BCUT2D eigenvalue weighted by atomic mass is 16.4. The molecule has 3 heterocycles. The van der Waals surface area contributed by atoms with Crippen LogP contribution < -0.4 is 0 Å². The highest BCUT2D eigenvalue weighted by molar-refractivity contribution is 6.23. The summed E-state index contributed by atoms with van der Waals surface area (Å²) in [6.07, 6.45) is 1.84. The molecule has 9 aromatic carbocycles. The normalized spacial score (nSPS) is 12.0. The van der Waals surface area contributed by atoms with Crippen LogP contribution in [0.3, 0.4) is 0 Å². The molecular formula is C52H31NO2. The predicted molar refractivity (Wildman–Crippen MR) is 229 cm³/mol. The van der Waals surface area contributed by atoms with E-state index in [0.717, 1.165) is 55.3 Å². The molecular weight excluding hydrogens is 671 g/mol. The second-order valence-electron chi connectivity index (χ2n) is 14.4. The van der Waals surface area contributed by atoms with E-state index in [1.165, 1.54) is 60.0 Å². The summed E-state index contributed by atoms with van der Waals surface area (Å²) < 4.78 is 15.3. The predicted octanol–water partition coefficient (Wildman–Crippen LogP) is 14.7. The highest BCUT2D eigenvalue weighted by Gasteiger charge is 2.21. The van der Waals surface area contributed by atoms with Gasteiger partial charge in [0.25, 0.3) is 0 Å². The minimum atomic E-state index is 0.776. The van der Waals surface area contributed by atoms with E-state index in [2.05, 4.69) is 180 Å². The molecule has 12 aromatic rings. The molecule has 0 bridgehead atoms. The number of benzene rings is 9. The Morgan fingerprint density at radius 2 is 0.873 bits per heavy atom. The van der Waals surface area contributed by atoms with Gasteiger partial charge in [-0.3, -0.25) is 0 Å². The van der Waals surface area contributed by atoms with Crippen molar-refractivity contribution < 1.29 is 8.83 Å². The third kappa shape index (κ3) is 4.38. The molecule has 0 aliphatic heterocycles. The number of para-hydroxylation sites is 2. The second kappa shape index (κ2) is 11.6. The van der Waals surface area contributed by atoms with E-state index in [9.17, 15) is 0 Å². The highest BCUT2D eigenvalue weighted by Crippen LogP contribution is 2.46. The van der Waals surface area contributed by atoms with Crippen molar-refractivity contribution in [2.45, 2.75) is 0 Å². The summed E-state index contributed by atoms with van der Waals surface area (Å²) in [5.74, 6) is 0. The van der Waals surface area contributed by atoms with Crippen LogP contribution >= 0.6 is 0 Å². The Morgan fingerprint density at radius 1 is 0.345 bits per heavy atom. The van der Waals surface area contributed by atoms with Gasteiger partial charge in [0.2, 0.25) is 0 Å². The fourth-order valence-corrected chi connectivity index (χ4v) is 9.05. The van der Waals surface area contributed by atoms with Gasteiger partial charge in [-0.15, -0.1) is 0 Å². The van der Waals surface area contributed by atoms with Gasteiger partial charge >= 0.3 is 0 Å². The van der Waals surface area contributed by atoms with Gasteiger partial charge in [-0.1, -0.05) is 133 Å². The van der Waals surface area contributed by atoms with Gasteiger partial charge in [0, 0.05) is 38.2 Å². The summed E-state index contributed by atoms with van der Waals surface area (Å²) in [5.41, 5.74) is 12.9. The minimum Gasteiger partial charge on any atom is -0.460 e. The number of hydrogen-bond acceptors (Lipinski definition) is 2. The molecule has 0 saturated carbocycles. The Bertz CT molecular complexity index is 3420. The molecule has 0 saturated heterocycles. The van der Waals surface area contributed by atoms with Crippen molar-refractivity contribution in [2.75, 3.05) is 0 Å². The van der Waals surface area contributed by atoms with E-state index >= 15 is 0 Å². The van der Waals surface area contributed by atoms with E-state index in [1.54, 1.807) is 0 Å². The molecule has 0 N–H and O–H groups in total. The van der Waals surface area contributed by atoms with E-state index in [-0.39, 0.29) is 0 Å². The molecule has 55 heavy (non-hydrogen) atoms. The van der Waals surface area contributed by atoms with Crippen LogP contribution in [-0.2, 0) is 0 Å². The van der Waals surface area contributed by atoms with Crippen LogP contribution in [0.15, 0.2) is 197 Å². The van der Waals surface area contributed by atoms with Gasteiger partial charge < -0.3 is 13.4 Å². The van der Waals surface area contributed by atoms with Crippen LogP contribution in [0.2, 0.25) is 0 Å². The smallest absolute Gasteiger partial charge is 0.178 e. The first-order chi connectivity index (χ1) is 27.3. The van der Waals surface area contributed by atoms with Gasteiger partial charge in [-0.2, -0.15) is 0 Å². The lowest BCUT2D eigenvalue weighted by Crippen LogP contribution is -1.94. The Balaban J connectivity index is 1.08. The van der Waals surface area contributed by atoms with Gasteiger partial charge in [-0.05, 0) is 97.9 Å². The molecule has 0 atom stereocenters. The summed E-state index contributed by atoms with van der Waals surface area (Å²) >= 11 is 0. The zero-order valence-corrected chi connectivity index (χ0v) is 29.7. The van der Waals surface area contributed by atoms with Crippen molar-refractivity contribution in [3.05, 3.63) is 188 Å². The number of furan rings is 2. The fraction of sp³-hybridized carbons (Fsp3) is 0. The molecule has 0 aliphatic carbocycles. The third-order valence-corrected chi connectivity index (χ3v) is 11.5. The Morgan fingerprint density at radius 3 is 1.56 bits per heavy atom. The van der Waals surface area contributed by atoms with Crippen molar-refractivity contribution >= 4 is 76.3 Å². The first-order valence-corrected chi connectivity index (χ1v) is 18.7. The Hall–Kier alpha value is -7.36. The average molecular weight is 702 g/mol. The van der Waals surface area contributed by atoms with Gasteiger partial charge in [0.1, 0.15) is 5.58 Å². The summed E-state index contributed by atoms with van der Waals surface area (Å²) in [4.78, 5) is 0. The summed E-state index contributed by atoms with van der Waals surface area (Å²) in [6, 6.07) is 65.4. The van der Waals surface area contributed by atoms with Crippen molar-refractivity contribution in [1.29, 1.82) is 0 Å². The van der Waals surface area contributed by atoms with Crippen LogP contribution in [0.5, 0.6) is 0 Å². The topological polar surface area (TPSA) is 31.2 Å². The molecule has 0 aliphatic rings. The summed E-state index contributed by atoms with van der Waals surface area (Å²) in [7, 11) is 0. The van der Waals surface area contributed by atoms with Gasteiger partial charge in [0.05, 0.1) is 17.3 Å². The lowest BCUT2D eigenvalue weighted by atomic mass is 9.85. The van der Waals surface area contributed by atoms with Crippen LogP contribution in [0.4, 0.5) is 0 Å². The molecule has 0 radical (unpaired) electrons. The maximum absolute atomic E-state index is 6.71. The van der Waals surface area contributed by atoms with Gasteiger partial charge in [-0.25, -0.2) is 0 Å². The maximum Gasteiger partial charge on any atom is 0.178 e. The van der Waals surface area contributed by atoms with Gasteiger partial charge in [0.15, 0.2) is 11.2 Å². The number of rotatable bonds is 4. The SMILES string of the molecule is c1ccc(-c2coc3c2ccc2c4ccc(-c5c6ccccc6c(-c6ccc7c8ccccc8n(-c8ccccc8)c7c6)c6ccccc56)cc4oc23)cc1. The first kappa shape index (κ1) is 30.1.